The molecule has 2 N–H and O–H groups in total. The van der Waals surface area contributed by atoms with Gasteiger partial charge in [-0.25, -0.2) is 4.57 Å². The molecule has 0 aromatic carbocycles. The highest BCUT2D eigenvalue weighted by Crippen LogP contribution is 2.43. The third kappa shape index (κ3) is 56.4. The van der Waals surface area contributed by atoms with E-state index in [4.69, 9.17) is 23.3 Å². The lowest BCUT2D eigenvalue weighted by Crippen LogP contribution is -2.30. The number of allylic oxidation sites excluding steroid dienone is 6. The Morgan fingerprint density at radius 3 is 1.05 bits per heavy atom. The van der Waals surface area contributed by atoms with E-state index in [2.05, 4.69) is 57.2 Å². The van der Waals surface area contributed by atoms with Crippen molar-refractivity contribution in [2.45, 2.75) is 328 Å². The topological polar surface area (TPSA) is 155 Å². The van der Waals surface area contributed by atoms with E-state index in [9.17, 15) is 28.9 Å². The molecule has 0 fully saturated rings. The number of aliphatic hydroxyl groups is 1. The van der Waals surface area contributed by atoms with E-state index in [1.54, 1.807) is 0 Å². The summed E-state index contributed by atoms with van der Waals surface area (Å²) >= 11 is 0. The van der Waals surface area contributed by atoms with Crippen molar-refractivity contribution >= 4 is 25.7 Å². The molecule has 12 heteroatoms. The van der Waals surface area contributed by atoms with Crippen LogP contribution in [0.4, 0.5) is 0 Å². The van der Waals surface area contributed by atoms with E-state index in [0.717, 1.165) is 89.9 Å². The molecule has 0 radical (unpaired) electrons. The predicted octanol–water partition coefficient (Wildman–Crippen LogP) is 19.2. The third-order valence-electron chi connectivity index (χ3n) is 14.1. The van der Waals surface area contributed by atoms with Gasteiger partial charge in [-0.3, -0.25) is 23.4 Å². The summed E-state index contributed by atoms with van der Waals surface area (Å²) in [4.78, 5) is 48.7. The highest BCUT2D eigenvalue weighted by atomic mass is 31.2. The van der Waals surface area contributed by atoms with Crippen molar-refractivity contribution in [2.24, 2.45) is 0 Å². The summed E-state index contributed by atoms with van der Waals surface area (Å²) in [5, 5.41) is 9.84. The van der Waals surface area contributed by atoms with Gasteiger partial charge in [0.25, 0.3) is 0 Å². The molecule has 0 heterocycles. The van der Waals surface area contributed by atoms with E-state index in [1.165, 1.54) is 167 Å². The second-order valence-corrected chi connectivity index (χ2v) is 23.0. The van der Waals surface area contributed by atoms with E-state index in [0.29, 0.717) is 19.3 Å². The minimum Gasteiger partial charge on any atom is -0.462 e. The van der Waals surface area contributed by atoms with E-state index in [-0.39, 0.29) is 25.9 Å². The van der Waals surface area contributed by atoms with Gasteiger partial charge in [-0.15, -0.1) is 0 Å². The lowest BCUT2D eigenvalue weighted by Gasteiger charge is -2.21. The molecule has 0 aromatic heterocycles. The Labute approximate surface area is 467 Å². The van der Waals surface area contributed by atoms with Crippen LogP contribution in [0.15, 0.2) is 36.5 Å². The zero-order valence-electron chi connectivity index (χ0n) is 49.5. The molecule has 0 aliphatic carbocycles. The molecule has 0 aliphatic heterocycles. The van der Waals surface area contributed by atoms with Gasteiger partial charge in [0.05, 0.1) is 19.8 Å². The smallest absolute Gasteiger partial charge is 0.462 e. The number of hydrogen-bond acceptors (Lipinski definition) is 10. The first-order valence-corrected chi connectivity index (χ1v) is 33.4. The predicted molar refractivity (Wildman–Crippen MR) is 316 cm³/mol. The zero-order chi connectivity index (χ0) is 55.5. The van der Waals surface area contributed by atoms with Gasteiger partial charge in [-0.1, -0.05) is 282 Å². The van der Waals surface area contributed by atoms with Crippen LogP contribution in [0, 0.1) is 0 Å². The van der Waals surface area contributed by atoms with Crippen molar-refractivity contribution in [3.63, 3.8) is 0 Å². The Bertz CT molecular complexity index is 1420. The van der Waals surface area contributed by atoms with Crippen LogP contribution in [0.2, 0.25) is 0 Å². The molecule has 0 spiro atoms. The quantitative estimate of drug-likeness (QED) is 0.0197. The van der Waals surface area contributed by atoms with Gasteiger partial charge in [-0.05, 0) is 51.4 Å². The van der Waals surface area contributed by atoms with Crippen molar-refractivity contribution in [2.75, 3.05) is 26.4 Å². The summed E-state index contributed by atoms with van der Waals surface area (Å²) in [6, 6.07) is 0. The fourth-order valence-corrected chi connectivity index (χ4v) is 10.0. The van der Waals surface area contributed by atoms with Gasteiger partial charge in [0.2, 0.25) is 0 Å². The average Bonchev–Trinajstić information content (AvgIpc) is 3.41. The maximum absolute atomic E-state index is 13.0. The van der Waals surface area contributed by atoms with Gasteiger partial charge in [-0.2, -0.15) is 0 Å². The van der Waals surface area contributed by atoms with E-state index < -0.39 is 57.8 Å². The van der Waals surface area contributed by atoms with Gasteiger partial charge in [0.1, 0.15) is 12.7 Å². The summed E-state index contributed by atoms with van der Waals surface area (Å²) < 4.78 is 39.7. The minimum atomic E-state index is -4.75. The first-order chi connectivity index (χ1) is 37.2. The molecule has 76 heavy (non-hydrogen) atoms. The number of carbonyl (C=O) groups excluding carboxylic acids is 3. The van der Waals surface area contributed by atoms with Gasteiger partial charge in [0, 0.05) is 19.3 Å². The van der Waals surface area contributed by atoms with E-state index in [1.807, 2.05) is 0 Å². The first-order valence-electron chi connectivity index (χ1n) is 31.9. The molecule has 3 unspecified atom stereocenters. The minimum absolute atomic E-state index is 0.161. The highest BCUT2D eigenvalue weighted by Gasteiger charge is 2.28. The van der Waals surface area contributed by atoms with Crippen molar-refractivity contribution in [3.05, 3.63) is 36.5 Å². The lowest BCUT2D eigenvalue weighted by molar-refractivity contribution is -0.161. The van der Waals surface area contributed by atoms with Crippen LogP contribution in [0.25, 0.3) is 0 Å². The molecule has 0 aliphatic rings. The standard InChI is InChI=1S/C64H119O11P/c1-4-7-10-13-16-19-22-25-28-29-30-31-34-37-40-43-46-49-52-55-64(68)75-61(57-71-62(66)53-50-47-44-41-38-35-32-26-23-20-17-14-11-8-5-2)59-73-76(69,70)72-58-60(56-65)74-63(67)54-51-48-45-42-39-36-33-27-24-21-18-15-12-9-6-3/h9,12,18,21,27,33,60-61,65H,4-8,10-11,13-17,19-20,22-26,28-32,34-59H2,1-3H3,(H,69,70)/b12-9-,21-18-,33-27-. The third-order valence-corrected chi connectivity index (χ3v) is 15.0. The van der Waals surface area contributed by atoms with Crippen LogP contribution < -0.4 is 0 Å². The van der Waals surface area contributed by atoms with Crippen LogP contribution in [-0.2, 0) is 42.2 Å². The van der Waals surface area contributed by atoms with Crippen molar-refractivity contribution in [1.82, 2.24) is 0 Å². The second-order valence-electron chi connectivity index (χ2n) is 21.6. The molecule has 0 saturated carbocycles. The monoisotopic (exact) mass is 1090 g/mol. The average molecular weight is 1100 g/mol. The normalized spacial score (nSPS) is 13.5. The maximum Gasteiger partial charge on any atom is 0.472 e. The Balaban J connectivity index is 4.66. The molecule has 11 nitrogen and oxygen atoms in total. The first kappa shape index (κ1) is 73.7. The number of phosphoric ester groups is 1. The molecule has 0 amide bonds. The number of rotatable bonds is 60. The molecule has 0 rings (SSSR count). The number of phosphoric acid groups is 1. The number of aliphatic hydroxyl groups excluding tert-OH is 1. The second kappa shape index (κ2) is 58.8. The zero-order valence-corrected chi connectivity index (χ0v) is 50.4. The Kier molecular flexibility index (Phi) is 57.1. The number of carbonyl (C=O) groups is 3. The van der Waals surface area contributed by atoms with Crippen LogP contribution in [0.3, 0.4) is 0 Å². The molecule has 0 bridgehead atoms. The largest absolute Gasteiger partial charge is 0.472 e. The van der Waals surface area contributed by atoms with Gasteiger partial charge in [0.15, 0.2) is 6.10 Å². The van der Waals surface area contributed by atoms with Crippen LogP contribution >= 0.6 is 7.82 Å². The Hall–Kier alpha value is -2.30. The Morgan fingerprint density at radius 2 is 0.684 bits per heavy atom. The van der Waals surface area contributed by atoms with Gasteiger partial charge >= 0.3 is 25.7 Å². The van der Waals surface area contributed by atoms with Crippen LogP contribution in [0.1, 0.15) is 316 Å². The summed E-state index contributed by atoms with van der Waals surface area (Å²) in [5.41, 5.74) is 0. The lowest BCUT2D eigenvalue weighted by atomic mass is 10.0. The summed E-state index contributed by atoms with van der Waals surface area (Å²) in [7, 11) is -4.75. The van der Waals surface area contributed by atoms with Crippen LogP contribution in [0.5, 0.6) is 0 Å². The molecule has 3 atom stereocenters. The summed E-state index contributed by atoms with van der Waals surface area (Å²) in [6.07, 6.45) is 62.4. The summed E-state index contributed by atoms with van der Waals surface area (Å²) in [6.45, 7) is 4.59. The number of hydrogen-bond donors (Lipinski definition) is 2. The Morgan fingerprint density at radius 1 is 0.382 bits per heavy atom. The number of ether oxygens (including phenoxy) is 3. The fourth-order valence-electron chi connectivity index (χ4n) is 9.26. The molecule has 0 saturated heterocycles. The highest BCUT2D eigenvalue weighted by molar-refractivity contribution is 7.47. The summed E-state index contributed by atoms with van der Waals surface area (Å²) in [5.74, 6) is -1.45. The number of esters is 3. The molecule has 0 aromatic rings. The SMILES string of the molecule is CC/C=C\C/C=C\C/C=C\CCCCCCCC(=O)OC(CO)COP(=O)(O)OCC(COC(=O)CCCCCCCCCCCCCCCCC)OC(=O)CCCCCCCCCCCCCCCCCCCCC. The van der Waals surface area contributed by atoms with Crippen molar-refractivity contribution < 1.29 is 52.2 Å². The van der Waals surface area contributed by atoms with E-state index >= 15 is 0 Å². The van der Waals surface area contributed by atoms with Crippen molar-refractivity contribution in [1.29, 1.82) is 0 Å². The molecule has 446 valence electrons. The number of unbranched alkanes of at least 4 members (excludes halogenated alkanes) is 37. The van der Waals surface area contributed by atoms with Crippen molar-refractivity contribution in [3.8, 4) is 0 Å². The maximum atomic E-state index is 13.0. The molecular formula is C64H119O11P. The van der Waals surface area contributed by atoms with Crippen LogP contribution in [-0.4, -0.2) is 66.5 Å². The fraction of sp³-hybridized carbons (Fsp3) is 0.859. The van der Waals surface area contributed by atoms with Gasteiger partial charge < -0.3 is 24.2 Å². The molecular weight excluding hydrogens is 976 g/mol.